The van der Waals surface area contributed by atoms with E-state index in [0.717, 1.165) is 4.60 Å². The number of rotatable bonds is 0. The lowest BCUT2D eigenvalue weighted by atomic mass is 11.0. The Bertz CT molecular complexity index is 147. The van der Waals surface area contributed by atoms with Crippen LogP contribution in [0.4, 0.5) is 0 Å². The number of thiazole rings is 1. The van der Waals surface area contributed by atoms with Crippen LogP contribution in [0.15, 0.2) is 15.5 Å². The van der Waals surface area contributed by atoms with Crippen molar-refractivity contribution in [3.8, 4) is 0 Å². The van der Waals surface area contributed by atoms with Gasteiger partial charge in [-0.15, -0.1) is 11.3 Å². The second-order valence-corrected chi connectivity index (χ2v) is 2.23. The van der Waals surface area contributed by atoms with Gasteiger partial charge in [0.2, 0.25) is 0 Å². The molecule has 0 spiro atoms. The molecule has 1 rings (SSSR count). The van der Waals surface area contributed by atoms with E-state index in [1.807, 2.05) is 0 Å². The fraction of sp³-hybridized carbons (Fsp3) is 0. The molecule has 0 aliphatic rings. The van der Waals surface area contributed by atoms with E-state index in [-0.39, 0.29) is 0 Å². The lowest BCUT2D eigenvalue weighted by Crippen LogP contribution is -1.50. The Morgan fingerprint density at radius 3 is 3.17 bits per heavy atom. The van der Waals surface area contributed by atoms with E-state index in [0.29, 0.717) is 5.49 Å². The monoisotopic (exact) mass is 164 g/mol. The van der Waals surface area contributed by atoms with Gasteiger partial charge in [0.25, 0.3) is 0 Å². The summed E-state index contributed by atoms with van der Waals surface area (Å²) in [5.41, 5.74) is 0.354. The first-order chi connectivity index (χ1) is 3.29. The molecule has 0 amide bonds. The van der Waals surface area contributed by atoms with Gasteiger partial charge < -0.3 is 0 Å². The SMILES string of the molecule is [2H]c1nc(Br)cs1. The molecular weight excluding hydrogens is 162 g/mol. The third-order valence-electron chi connectivity index (χ3n) is 0.361. The molecule has 0 unspecified atom stereocenters. The molecule has 3 heteroatoms. The first kappa shape index (κ1) is 3.16. The van der Waals surface area contributed by atoms with Gasteiger partial charge in [0.05, 0.1) is 6.86 Å². The van der Waals surface area contributed by atoms with Crippen molar-refractivity contribution in [2.45, 2.75) is 0 Å². The predicted octanol–water partition coefficient (Wildman–Crippen LogP) is 1.91. The summed E-state index contributed by atoms with van der Waals surface area (Å²) in [7, 11) is 0. The summed E-state index contributed by atoms with van der Waals surface area (Å²) in [6, 6.07) is 0. The van der Waals surface area contributed by atoms with Crippen molar-refractivity contribution in [3.63, 3.8) is 0 Å². The highest BCUT2D eigenvalue weighted by Crippen LogP contribution is 2.06. The zero-order chi connectivity index (χ0) is 5.28. The first-order valence-electron chi connectivity index (χ1n) is 1.86. The van der Waals surface area contributed by atoms with Gasteiger partial charge in [-0.05, 0) is 15.9 Å². The third-order valence-corrected chi connectivity index (χ3v) is 1.61. The molecule has 0 atom stereocenters. The Hall–Kier alpha value is 0.110. The molecule has 0 bridgehead atoms. The molecule has 0 aliphatic heterocycles. The molecule has 6 heavy (non-hydrogen) atoms. The topological polar surface area (TPSA) is 12.9 Å². The van der Waals surface area contributed by atoms with Crippen molar-refractivity contribution in [2.75, 3.05) is 0 Å². The van der Waals surface area contributed by atoms with Crippen molar-refractivity contribution >= 4 is 27.3 Å². The zero-order valence-corrected chi connectivity index (χ0v) is 5.21. The van der Waals surface area contributed by atoms with E-state index >= 15 is 0 Å². The molecule has 0 radical (unpaired) electrons. The maximum absolute atomic E-state index is 6.89. The molecule has 0 aromatic carbocycles. The lowest BCUT2D eigenvalue weighted by Gasteiger charge is -1.61. The quantitative estimate of drug-likeness (QED) is 0.572. The van der Waals surface area contributed by atoms with Crippen LogP contribution in [-0.2, 0) is 0 Å². The normalized spacial score (nSPS) is 11.2. The van der Waals surface area contributed by atoms with Crippen molar-refractivity contribution in [2.24, 2.45) is 0 Å². The van der Waals surface area contributed by atoms with Crippen LogP contribution in [0.1, 0.15) is 1.37 Å². The molecule has 0 aliphatic carbocycles. The van der Waals surface area contributed by atoms with Crippen LogP contribution < -0.4 is 0 Å². The summed E-state index contributed by atoms with van der Waals surface area (Å²) >= 11 is 4.42. The van der Waals surface area contributed by atoms with E-state index in [1.165, 1.54) is 11.3 Å². The molecule has 1 aromatic heterocycles. The van der Waals surface area contributed by atoms with E-state index in [4.69, 9.17) is 1.37 Å². The van der Waals surface area contributed by atoms with E-state index < -0.39 is 0 Å². The largest absolute Gasteiger partial charge is 0.238 e. The molecule has 32 valence electrons. The Kier molecular flexibility index (Phi) is 0.898. The predicted molar refractivity (Wildman–Crippen MR) is 29.8 cm³/mol. The van der Waals surface area contributed by atoms with Gasteiger partial charge in [0.1, 0.15) is 4.60 Å². The average Bonchev–Trinajstić information content (AvgIpc) is 1.87. The summed E-state index contributed by atoms with van der Waals surface area (Å²) in [5.74, 6) is 0. The Morgan fingerprint density at radius 1 is 2.17 bits per heavy atom. The van der Waals surface area contributed by atoms with Gasteiger partial charge >= 0.3 is 0 Å². The maximum atomic E-state index is 6.89. The molecule has 0 fully saturated rings. The molecule has 1 aromatic rings. The van der Waals surface area contributed by atoms with Gasteiger partial charge in [-0.25, -0.2) is 4.98 Å². The van der Waals surface area contributed by atoms with Gasteiger partial charge in [-0.3, -0.25) is 0 Å². The number of halogens is 1. The number of nitrogens with zero attached hydrogens (tertiary/aromatic N) is 1. The maximum Gasteiger partial charge on any atom is 0.116 e. The van der Waals surface area contributed by atoms with Crippen molar-refractivity contribution in [1.29, 1.82) is 0 Å². The highest BCUT2D eigenvalue weighted by molar-refractivity contribution is 9.10. The number of hydrogen-bond acceptors (Lipinski definition) is 2. The lowest BCUT2D eigenvalue weighted by molar-refractivity contribution is 1.37. The average molecular weight is 165 g/mol. The molecule has 0 saturated carbocycles. The van der Waals surface area contributed by atoms with Crippen molar-refractivity contribution < 1.29 is 1.37 Å². The Morgan fingerprint density at radius 2 is 3.00 bits per heavy atom. The molecule has 1 heterocycles. The summed E-state index contributed by atoms with van der Waals surface area (Å²) in [6.45, 7) is 0. The molecule has 0 saturated heterocycles. The molecule has 0 N–H and O–H groups in total. The van der Waals surface area contributed by atoms with Crippen molar-refractivity contribution in [3.05, 3.63) is 15.5 Å². The second kappa shape index (κ2) is 1.71. The summed E-state index contributed by atoms with van der Waals surface area (Å²) in [6.07, 6.45) is 0. The van der Waals surface area contributed by atoms with Crippen LogP contribution in [0.25, 0.3) is 0 Å². The highest BCUT2D eigenvalue weighted by atomic mass is 79.9. The van der Waals surface area contributed by atoms with Crippen LogP contribution in [-0.4, -0.2) is 4.98 Å². The van der Waals surface area contributed by atoms with Crippen LogP contribution in [0, 0.1) is 0 Å². The second-order valence-electron chi connectivity index (χ2n) is 0.762. The van der Waals surface area contributed by atoms with Gasteiger partial charge in [-0.1, -0.05) is 0 Å². The third kappa shape index (κ3) is 0.786. The Balaban J connectivity index is 3.04. The van der Waals surface area contributed by atoms with Crippen LogP contribution >= 0.6 is 27.3 Å². The smallest absolute Gasteiger partial charge is 0.116 e. The highest BCUT2D eigenvalue weighted by Gasteiger charge is 1.78. The van der Waals surface area contributed by atoms with E-state index in [9.17, 15) is 0 Å². The summed E-state index contributed by atoms with van der Waals surface area (Å²) < 4.78 is 7.65. The minimum Gasteiger partial charge on any atom is -0.238 e. The van der Waals surface area contributed by atoms with Gasteiger partial charge in [-0.2, -0.15) is 0 Å². The van der Waals surface area contributed by atoms with E-state index in [1.54, 1.807) is 5.38 Å². The van der Waals surface area contributed by atoms with Gasteiger partial charge in [0, 0.05) is 5.38 Å². The number of hydrogen-bond donors (Lipinski definition) is 0. The van der Waals surface area contributed by atoms with Crippen LogP contribution in [0.3, 0.4) is 0 Å². The van der Waals surface area contributed by atoms with Gasteiger partial charge in [0.15, 0.2) is 0 Å². The summed E-state index contributed by atoms with van der Waals surface area (Å²) in [5, 5.41) is 1.78. The minimum atomic E-state index is 0.354. The molecule has 1 nitrogen and oxygen atoms in total. The van der Waals surface area contributed by atoms with E-state index in [2.05, 4.69) is 20.9 Å². The molecular formula is C3H2BrNS. The number of aromatic nitrogens is 1. The Labute approximate surface area is 49.6 Å². The standard InChI is InChI=1S/C3H2BrNS/c4-3-1-6-2-5-3/h1-2H/i2D. The fourth-order valence-corrected chi connectivity index (χ4v) is 1.01. The summed E-state index contributed by atoms with van der Waals surface area (Å²) in [4.78, 5) is 3.71. The zero-order valence-electron chi connectivity index (χ0n) is 3.81. The minimum absolute atomic E-state index is 0.354. The van der Waals surface area contributed by atoms with Crippen LogP contribution in [0.5, 0.6) is 0 Å². The first-order valence-corrected chi connectivity index (χ1v) is 3.04. The fourth-order valence-electron chi connectivity index (χ4n) is 0.171. The van der Waals surface area contributed by atoms with Crippen LogP contribution in [0.2, 0.25) is 0 Å². The van der Waals surface area contributed by atoms with Crippen molar-refractivity contribution in [1.82, 2.24) is 4.98 Å².